The first-order chi connectivity index (χ1) is 8.69. The SMILES string of the molecule is CCCn1cc(NC2CCC(N)CC2)ccc1=O. The minimum absolute atomic E-state index is 0.0769. The first kappa shape index (κ1) is 13.1. The van der Waals surface area contributed by atoms with Crippen molar-refractivity contribution in [3.05, 3.63) is 28.7 Å². The summed E-state index contributed by atoms with van der Waals surface area (Å²) in [6.45, 7) is 2.86. The Hall–Kier alpha value is -1.29. The van der Waals surface area contributed by atoms with Crippen LogP contribution in [0.2, 0.25) is 0 Å². The van der Waals surface area contributed by atoms with Crippen LogP contribution in [0.15, 0.2) is 23.1 Å². The van der Waals surface area contributed by atoms with Gasteiger partial charge in [-0.05, 0) is 38.2 Å². The number of aromatic nitrogens is 1. The zero-order valence-corrected chi connectivity index (χ0v) is 11.1. The van der Waals surface area contributed by atoms with Crippen molar-refractivity contribution >= 4 is 5.69 Å². The number of nitrogens with zero attached hydrogens (tertiary/aromatic N) is 1. The van der Waals surface area contributed by atoms with Crippen LogP contribution in [0.3, 0.4) is 0 Å². The van der Waals surface area contributed by atoms with E-state index in [0.29, 0.717) is 12.1 Å². The second-order valence-corrected chi connectivity index (χ2v) is 5.21. The Morgan fingerprint density at radius 1 is 1.33 bits per heavy atom. The highest BCUT2D eigenvalue weighted by molar-refractivity contribution is 5.41. The minimum atomic E-state index is 0.0769. The smallest absolute Gasteiger partial charge is 0.250 e. The summed E-state index contributed by atoms with van der Waals surface area (Å²) in [5.74, 6) is 0. The fourth-order valence-corrected chi connectivity index (χ4v) is 2.53. The molecule has 1 aliphatic carbocycles. The van der Waals surface area contributed by atoms with E-state index in [1.165, 1.54) is 0 Å². The molecule has 1 fully saturated rings. The zero-order valence-electron chi connectivity index (χ0n) is 11.1. The summed E-state index contributed by atoms with van der Waals surface area (Å²) in [5.41, 5.74) is 7.02. The summed E-state index contributed by atoms with van der Waals surface area (Å²) < 4.78 is 1.77. The average Bonchev–Trinajstić information content (AvgIpc) is 2.37. The van der Waals surface area contributed by atoms with E-state index >= 15 is 0 Å². The van der Waals surface area contributed by atoms with Crippen molar-refractivity contribution in [2.45, 2.75) is 57.7 Å². The highest BCUT2D eigenvalue weighted by Gasteiger charge is 2.18. The Bertz CT molecular complexity index is 433. The van der Waals surface area contributed by atoms with Crippen LogP contribution in [-0.2, 0) is 6.54 Å². The Balaban J connectivity index is 2.01. The number of pyridine rings is 1. The molecule has 3 N–H and O–H groups in total. The summed E-state index contributed by atoms with van der Waals surface area (Å²) in [4.78, 5) is 11.6. The third kappa shape index (κ3) is 3.35. The first-order valence-corrected chi connectivity index (χ1v) is 6.91. The van der Waals surface area contributed by atoms with Gasteiger partial charge in [-0.3, -0.25) is 4.79 Å². The number of aryl methyl sites for hydroxylation is 1. The molecule has 0 saturated heterocycles. The van der Waals surface area contributed by atoms with E-state index in [4.69, 9.17) is 5.73 Å². The van der Waals surface area contributed by atoms with E-state index < -0.39 is 0 Å². The van der Waals surface area contributed by atoms with E-state index in [1.54, 1.807) is 10.6 Å². The van der Waals surface area contributed by atoms with Gasteiger partial charge in [0.05, 0.1) is 5.69 Å². The zero-order chi connectivity index (χ0) is 13.0. The number of hydrogen-bond donors (Lipinski definition) is 2. The maximum absolute atomic E-state index is 11.6. The molecule has 0 bridgehead atoms. The third-order valence-corrected chi connectivity index (χ3v) is 3.59. The standard InChI is InChI=1S/C14H23N3O/c1-2-9-17-10-13(7-8-14(17)18)16-12-5-3-11(15)4-6-12/h7-8,10-12,16H,2-6,9,15H2,1H3. The number of nitrogens with one attached hydrogen (secondary N) is 1. The van der Waals surface area contributed by atoms with Crippen LogP contribution in [0.4, 0.5) is 5.69 Å². The maximum Gasteiger partial charge on any atom is 0.250 e. The van der Waals surface area contributed by atoms with E-state index in [0.717, 1.165) is 44.3 Å². The molecule has 1 aromatic rings. The quantitative estimate of drug-likeness (QED) is 0.857. The molecule has 1 aliphatic rings. The van der Waals surface area contributed by atoms with E-state index in [1.807, 2.05) is 12.3 Å². The van der Waals surface area contributed by atoms with Crippen LogP contribution in [0, 0.1) is 0 Å². The summed E-state index contributed by atoms with van der Waals surface area (Å²) in [7, 11) is 0. The number of rotatable bonds is 4. The van der Waals surface area contributed by atoms with Crippen molar-refractivity contribution in [2.75, 3.05) is 5.32 Å². The highest BCUT2D eigenvalue weighted by Crippen LogP contribution is 2.20. The predicted molar refractivity (Wildman–Crippen MR) is 74.8 cm³/mol. The predicted octanol–water partition coefficient (Wildman–Crippen LogP) is 1.94. The average molecular weight is 249 g/mol. The molecule has 1 aromatic heterocycles. The molecular formula is C14H23N3O. The lowest BCUT2D eigenvalue weighted by Crippen LogP contribution is -2.33. The van der Waals surface area contributed by atoms with Gasteiger partial charge in [0.25, 0.3) is 5.56 Å². The van der Waals surface area contributed by atoms with Crippen molar-refractivity contribution < 1.29 is 0 Å². The van der Waals surface area contributed by atoms with Crippen molar-refractivity contribution in [2.24, 2.45) is 5.73 Å². The number of nitrogens with two attached hydrogens (primary N) is 1. The van der Waals surface area contributed by atoms with E-state index in [-0.39, 0.29) is 5.56 Å². The minimum Gasteiger partial charge on any atom is -0.381 e. The fraction of sp³-hybridized carbons (Fsp3) is 0.643. The molecule has 0 amide bonds. The molecule has 0 radical (unpaired) electrons. The largest absolute Gasteiger partial charge is 0.381 e. The Labute approximate surface area is 108 Å². The molecule has 4 heteroatoms. The van der Waals surface area contributed by atoms with Gasteiger partial charge in [0.1, 0.15) is 0 Å². The van der Waals surface area contributed by atoms with Crippen LogP contribution >= 0.6 is 0 Å². The van der Waals surface area contributed by atoms with Crippen LogP contribution in [0.25, 0.3) is 0 Å². The van der Waals surface area contributed by atoms with Crippen LogP contribution in [0.1, 0.15) is 39.0 Å². The van der Waals surface area contributed by atoms with Gasteiger partial charge >= 0.3 is 0 Å². The summed E-state index contributed by atoms with van der Waals surface area (Å²) in [6.07, 6.45) is 7.32. The fourth-order valence-electron chi connectivity index (χ4n) is 2.53. The van der Waals surface area contributed by atoms with Gasteiger partial charge in [0.15, 0.2) is 0 Å². The van der Waals surface area contributed by atoms with Gasteiger partial charge in [-0.15, -0.1) is 0 Å². The van der Waals surface area contributed by atoms with Gasteiger partial charge in [0.2, 0.25) is 0 Å². The Morgan fingerprint density at radius 3 is 2.72 bits per heavy atom. The van der Waals surface area contributed by atoms with Gasteiger partial charge in [0, 0.05) is 30.9 Å². The number of anilines is 1. The molecule has 0 unspecified atom stereocenters. The lowest BCUT2D eigenvalue weighted by Gasteiger charge is -2.27. The molecular weight excluding hydrogens is 226 g/mol. The van der Waals surface area contributed by atoms with Crippen LogP contribution < -0.4 is 16.6 Å². The number of hydrogen-bond acceptors (Lipinski definition) is 3. The van der Waals surface area contributed by atoms with Crippen molar-refractivity contribution in [3.8, 4) is 0 Å². The molecule has 0 aromatic carbocycles. The van der Waals surface area contributed by atoms with Gasteiger partial charge in [-0.1, -0.05) is 6.92 Å². The third-order valence-electron chi connectivity index (χ3n) is 3.59. The van der Waals surface area contributed by atoms with Crippen molar-refractivity contribution in [1.29, 1.82) is 0 Å². The molecule has 0 atom stereocenters. The maximum atomic E-state index is 11.6. The first-order valence-electron chi connectivity index (χ1n) is 6.91. The lowest BCUT2D eigenvalue weighted by atomic mass is 9.92. The van der Waals surface area contributed by atoms with E-state index in [2.05, 4.69) is 12.2 Å². The topological polar surface area (TPSA) is 60.1 Å². The molecule has 1 saturated carbocycles. The molecule has 100 valence electrons. The summed E-state index contributed by atoms with van der Waals surface area (Å²) in [5, 5.41) is 3.51. The molecule has 0 spiro atoms. The highest BCUT2D eigenvalue weighted by atomic mass is 16.1. The van der Waals surface area contributed by atoms with Gasteiger partial charge in [-0.2, -0.15) is 0 Å². The lowest BCUT2D eigenvalue weighted by molar-refractivity contribution is 0.411. The molecule has 0 aliphatic heterocycles. The van der Waals surface area contributed by atoms with Gasteiger partial charge in [-0.25, -0.2) is 0 Å². The van der Waals surface area contributed by atoms with Crippen LogP contribution in [-0.4, -0.2) is 16.7 Å². The Kier molecular flexibility index (Phi) is 4.42. The van der Waals surface area contributed by atoms with Gasteiger partial charge < -0.3 is 15.6 Å². The van der Waals surface area contributed by atoms with Crippen molar-refractivity contribution in [3.63, 3.8) is 0 Å². The Morgan fingerprint density at radius 2 is 2.06 bits per heavy atom. The molecule has 18 heavy (non-hydrogen) atoms. The second-order valence-electron chi connectivity index (χ2n) is 5.21. The normalized spacial score (nSPS) is 23.9. The molecule has 1 heterocycles. The second kappa shape index (κ2) is 6.05. The summed E-state index contributed by atoms with van der Waals surface area (Å²) >= 11 is 0. The van der Waals surface area contributed by atoms with Crippen molar-refractivity contribution in [1.82, 2.24) is 4.57 Å². The van der Waals surface area contributed by atoms with Crippen LogP contribution in [0.5, 0.6) is 0 Å². The van der Waals surface area contributed by atoms with E-state index in [9.17, 15) is 4.79 Å². The molecule has 4 nitrogen and oxygen atoms in total. The molecule has 2 rings (SSSR count). The summed E-state index contributed by atoms with van der Waals surface area (Å²) in [6, 6.07) is 4.39. The monoisotopic (exact) mass is 249 g/mol.